The number of nitrogen functional groups attached to an aromatic ring is 1. The van der Waals surface area contributed by atoms with Gasteiger partial charge in [0.15, 0.2) is 5.95 Å². The van der Waals surface area contributed by atoms with Crippen molar-refractivity contribution in [1.29, 1.82) is 0 Å². The van der Waals surface area contributed by atoms with Crippen LogP contribution in [0, 0.1) is 0 Å². The Labute approximate surface area is 79.4 Å². The van der Waals surface area contributed by atoms with Gasteiger partial charge in [0.25, 0.3) is 0 Å². The van der Waals surface area contributed by atoms with Crippen LogP contribution in [0.5, 0.6) is 0 Å². The van der Waals surface area contributed by atoms with Crippen molar-refractivity contribution < 1.29 is 0 Å². The van der Waals surface area contributed by atoms with Gasteiger partial charge in [-0.2, -0.15) is 0 Å². The summed E-state index contributed by atoms with van der Waals surface area (Å²) in [6, 6.07) is 0. The fraction of sp³-hybridized carbons (Fsp3) is 0.667. The molecule has 1 aromatic rings. The highest BCUT2D eigenvalue weighted by Crippen LogP contribution is 2.14. The van der Waals surface area contributed by atoms with E-state index in [0.717, 1.165) is 6.54 Å². The Bertz CT molecular complexity index is 275. The molecule has 1 aromatic heterocycles. The molecule has 0 fully saturated rings. The molecule has 0 amide bonds. The first-order valence-corrected chi connectivity index (χ1v) is 4.37. The minimum atomic E-state index is 0.0921. The molecule has 0 saturated heterocycles. The number of hydrogen-bond acceptors (Lipinski definition) is 3. The predicted molar refractivity (Wildman–Crippen MR) is 54.4 cm³/mol. The van der Waals surface area contributed by atoms with E-state index >= 15 is 0 Å². The molecule has 0 bridgehead atoms. The zero-order chi connectivity index (χ0) is 10.1. The molecule has 0 radical (unpaired) electrons. The molecular weight excluding hydrogens is 164 g/mol. The molecule has 0 atom stereocenters. The van der Waals surface area contributed by atoms with Crippen LogP contribution >= 0.6 is 0 Å². The first kappa shape index (κ1) is 10.1. The maximum Gasteiger partial charge on any atom is 0.200 e. The van der Waals surface area contributed by atoms with Gasteiger partial charge in [0.1, 0.15) is 0 Å². The van der Waals surface area contributed by atoms with Crippen LogP contribution in [0.15, 0.2) is 12.4 Å². The zero-order valence-corrected chi connectivity index (χ0v) is 8.78. The van der Waals surface area contributed by atoms with E-state index in [1.54, 1.807) is 6.20 Å². The Morgan fingerprint density at radius 3 is 2.54 bits per heavy atom. The van der Waals surface area contributed by atoms with E-state index in [4.69, 9.17) is 5.73 Å². The Balaban J connectivity index is 2.74. The standard InChI is InChI=1S/C9H18N4/c1-9(2,12(3)4)7-13-6-5-11-8(13)10/h5-6H,7H2,1-4H3,(H2,10,11). The van der Waals surface area contributed by atoms with Gasteiger partial charge in [-0.25, -0.2) is 4.98 Å². The molecule has 0 spiro atoms. The summed E-state index contributed by atoms with van der Waals surface area (Å²) in [5.74, 6) is 0.579. The van der Waals surface area contributed by atoms with Crippen LogP contribution in [0.25, 0.3) is 0 Å². The molecule has 0 aliphatic rings. The smallest absolute Gasteiger partial charge is 0.200 e. The Morgan fingerprint density at radius 2 is 2.15 bits per heavy atom. The molecule has 0 aromatic carbocycles. The van der Waals surface area contributed by atoms with Crippen LogP contribution in [-0.2, 0) is 6.54 Å². The van der Waals surface area contributed by atoms with Crippen LogP contribution in [-0.4, -0.2) is 34.1 Å². The van der Waals surface area contributed by atoms with E-state index in [-0.39, 0.29) is 5.54 Å². The van der Waals surface area contributed by atoms with Crippen molar-refractivity contribution in [2.75, 3.05) is 19.8 Å². The van der Waals surface area contributed by atoms with E-state index < -0.39 is 0 Å². The summed E-state index contributed by atoms with van der Waals surface area (Å²) in [6.07, 6.45) is 3.63. The molecule has 4 nitrogen and oxygen atoms in total. The van der Waals surface area contributed by atoms with Crippen molar-refractivity contribution in [3.63, 3.8) is 0 Å². The van der Waals surface area contributed by atoms with E-state index in [0.29, 0.717) is 5.95 Å². The Kier molecular flexibility index (Phi) is 2.61. The van der Waals surface area contributed by atoms with Crippen LogP contribution in [0.1, 0.15) is 13.8 Å². The van der Waals surface area contributed by atoms with Crippen molar-refractivity contribution in [2.24, 2.45) is 0 Å². The summed E-state index contributed by atoms with van der Waals surface area (Å²) < 4.78 is 1.96. The third-order valence-corrected chi connectivity index (χ3v) is 2.52. The van der Waals surface area contributed by atoms with Gasteiger partial charge in [-0.15, -0.1) is 0 Å². The van der Waals surface area contributed by atoms with Gasteiger partial charge in [0.2, 0.25) is 0 Å². The molecule has 1 rings (SSSR count). The van der Waals surface area contributed by atoms with Crippen LogP contribution < -0.4 is 5.73 Å². The van der Waals surface area contributed by atoms with Gasteiger partial charge in [0, 0.05) is 24.5 Å². The SMILES string of the molecule is CN(C)C(C)(C)Cn1ccnc1N. The van der Waals surface area contributed by atoms with E-state index in [9.17, 15) is 0 Å². The van der Waals surface area contributed by atoms with Gasteiger partial charge in [0.05, 0.1) is 0 Å². The summed E-state index contributed by atoms with van der Waals surface area (Å²) in [6.45, 7) is 5.20. The maximum atomic E-state index is 5.68. The predicted octanol–water partition coefficient (Wildman–Crippen LogP) is 0.805. The lowest BCUT2D eigenvalue weighted by Gasteiger charge is -2.32. The largest absolute Gasteiger partial charge is 0.369 e. The number of imidazole rings is 1. The minimum absolute atomic E-state index is 0.0921. The molecule has 0 unspecified atom stereocenters. The molecule has 1 heterocycles. The van der Waals surface area contributed by atoms with Crippen LogP contribution in [0.3, 0.4) is 0 Å². The lowest BCUT2D eigenvalue weighted by Crippen LogP contribution is -2.42. The lowest BCUT2D eigenvalue weighted by molar-refractivity contribution is 0.170. The van der Waals surface area contributed by atoms with Gasteiger partial charge in [-0.3, -0.25) is 0 Å². The number of anilines is 1. The first-order chi connectivity index (χ1) is 5.93. The molecule has 74 valence electrons. The number of hydrogen-bond donors (Lipinski definition) is 1. The normalized spacial score (nSPS) is 12.4. The highest BCUT2D eigenvalue weighted by molar-refractivity contribution is 5.17. The number of nitrogens with zero attached hydrogens (tertiary/aromatic N) is 3. The molecule has 4 heteroatoms. The number of nitrogens with two attached hydrogens (primary N) is 1. The minimum Gasteiger partial charge on any atom is -0.369 e. The molecule has 0 saturated carbocycles. The highest BCUT2D eigenvalue weighted by atomic mass is 15.2. The number of likely N-dealkylation sites (N-methyl/N-ethyl adjacent to an activating group) is 1. The average Bonchev–Trinajstić information content (AvgIpc) is 2.35. The Hall–Kier alpha value is -1.03. The maximum absolute atomic E-state index is 5.68. The van der Waals surface area contributed by atoms with Gasteiger partial charge in [-0.1, -0.05) is 0 Å². The highest BCUT2D eigenvalue weighted by Gasteiger charge is 2.21. The zero-order valence-electron chi connectivity index (χ0n) is 8.78. The topological polar surface area (TPSA) is 47.1 Å². The van der Waals surface area contributed by atoms with Gasteiger partial charge < -0.3 is 15.2 Å². The van der Waals surface area contributed by atoms with Gasteiger partial charge >= 0.3 is 0 Å². The van der Waals surface area contributed by atoms with E-state index in [1.165, 1.54) is 0 Å². The molecular formula is C9H18N4. The van der Waals surface area contributed by atoms with E-state index in [2.05, 4.69) is 37.8 Å². The van der Waals surface area contributed by atoms with Crippen molar-refractivity contribution in [2.45, 2.75) is 25.9 Å². The summed E-state index contributed by atoms with van der Waals surface area (Å²) in [5.41, 5.74) is 5.77. The van der Waals surface area contributed by atoms with Crippen LogP contribution in [0.4, 0.5) is 5.95 Å². The lowest BCUT2D eigenvalue weighted by atomic mass is 10.0. The molecule has 0 aliphatic carbocycles. The van der Waals surface area contributed by atoms with Crippen LogP contribution in [0.2, 0.25) is 0 Å². The number of rotatable bonds is 3. The van der Waals surface area contributed by atoms with Gasteiger partial charge in [-0.05, 0) is 27.9 Å². The summed E-state index contributed by atoms with van der Waals surface area (Å²) in [7, 11) is 4.13. The summed E-state index contributed by atoms with van der Waals surface area (Å²) in [4.78, 5) is 6.16. The third-order valence-electron chi connectivity index (χ3n) is 2.52. The summed E-state index contributed by atoms with van der Waals surface area (Å²) >= 11 is 0. The quantitative estimate of drug-likeness (QED) is 0.752. The second-order valence-corrected chi connectivity index (χ2v) is 4.12. The average molecular weight is 182 g/mol. The molecule has 13 heavy (non-hydrogen) atoms. The van der Waals surface area contributed by atoms with Crippen molar-refractivity contribution >= 4 is 5.95 Å². The first-order valence-electron chi connectivity index (χ1n) is 4.37. The fourth-order valence-electron chi connectivity index (χ4n) is 1.03. The van der Waals surface area contributed by atoms with E-state index in [1.807, 2.05) is 10.8 Å². The third kappa shape index (κ3) is 2.21. The fourth-order valence-corrected chi connectivity index (χ4v) is 1.03. The number of aromatic nitrogens is 2. The second-order valence-electron chi connectivity index (χ2n) is 4.12. The summed E-state index contributed by atoms with van der Waals surface area (Å²) in [5, 5.41) is 0. The second kappa shape index (κ2) is 3.38. The monoisotopic (exact) mass is 182 g/mol. The Morgan fingerprint density at radius 1 is 1.54 bits per heavy atom. The molecule has 2 N–H and O–H groups in total. The van der Waals surface area contributed by atoms with Crippen molar-refractivity contribution in [1.82, 2.24) is 14.5 Å². The van der Waals surface area contributed by atoms with Crippen molar-refractivity contribution in [3.05, 3.63) is 12.4 Å². The van der Waals surface area contributed by atoms with Crippen molar-refractivity contribution in [3.8, 4) is 0 Å². The molecule has 0 aliphatic heterocycles.